The van der Waals surface area contributed by atoms with Crippen molar-refractivity contribution in [3.8, 4) is 0 Å². The average Bonchev–Trinajstić information content (AvgIpc) is 2.68. The summed E-state index contributed by atoms with van der Waals surface area (Å²) in [6, 6.07) is 12.4. The van der Waals surface area contributed by atoms with Gasteiger partial charge in [-0.2, -0.15) is 13.2 Å². The third-order valence-electron chi connectivity index (χ3n) is 6.50. The highest BCUT2D eigenvalue weighted by Crippen LogP contribution is 2.42. The number of carbonyl (C=O) groups excluding carboxylic acids is 1. The third-order valence-corrected chi connectivity index (χ3v) is 6.50. The number of anilines is 1. The summed E-state index contributed by atoms with van der Waals surface area (Å²) in [4.78, 5) is 16.7. The molecule has 0 unspecified atom stereocenters. The molecule has 160 valence electrons. The van der Waals surface area contributed by atoms with Crippen LogP contribution in [0.5, 0.6) is 0 Å². The molecule has 3 nitrogen and oxygen atoms in total. The van der Waals surface area contributed by atoms with Crippen LogP contribution >= 0.6 is 0 Å². The first-order valence-electron chi connectivity index (χ1n) is 10.5. The zero-order valence-electron chi connectivity index (χ0n) is 17.4. The molecule has 4 rings (SSSR count). The predicted molar refractivity (Wildman–Crippen MR) is 112 cm³/mol. The molecule has 0 spiro atoms. The monoisotopic (exact) mass is 416 g/mol. The van der Waals surface area contributed by atoms with E-state index in [1.807, 2.05) is 16.7 Å². The van der Waals surface area contributed by atoms with E-state index in [9.17, 15) is 18.0 Å². The van der Waals surface area contributed by atoms with Crippen LogP contribution in [-0.2, 0) is 11.0 Å². The second-order valence-electron chi connectivity index (χ2n) is 8.59. The molecule has 2 aromatic carbocycles. The quantitative estimate of drug-likeness (QED) is 0.690. The summed E-state index contributed by atoms with van der Waals surface area (Å²) in [7, 11) is 0. The number of amides is 1. The number of piperazine rings is 1. The van der Waals surface area contributed by atoms with Crippen molar-refractivity contribution in [2.75, 3.05) is 31.1 Å². The molecule has 2 aromatic rings. The summed E-state index contributed by atoms with van der Waals surface area (Å²) < 4.78 is 39.2. The summed E-state index contributed by atoms with van der Waals surface area (Å²) in [6.45, 7) is 6.12. The van der Waals surface area contributed by atoms with Gasteiger partial charge in [-0.05, 0) is 55.9 Å². The lowest BCUT2D eigenvalue weighted by Gasteiger charge is -2.42. The molecule has 30 heavy (non-hydrogen) atoms. The Hall–Kier alpha value is -2.50. The molecule has 0 atom stereocenters. The number of rotatable bonds is 3. The fourth-order valence-corrected chi connectivity index (χ4v) is 4.48. The molecule has 1 amide bonds. The van der Waals surface area contributed by atoms with E-state index in [1.165, 1.54) is 23.3 Å². The van der Waals surface area contributed by atoms with E-state index in [-0.39, 0.29) is 11.8 Å². The van der Waals surface area contributed by atoms with Crippen molar-refractivity contribution in [3.05, 3.63) is 64.7 Å². The van der Waals surface area contributed by atoms with Crippen molar-refractivity contribution in [1.29, 1.82) is 0 Å². The standard InChI is InChI=1S/C24H27F3N2O/c1-16-3-6-18(7-4-16)19-13-20(14-19)23(30)29-11-9-28(10-12-29)22-15-21(24(25,26)27)8-5-17(22)2/h3-8,15,19-20H,9-14H2,1-2H3. The van der Waals surface area contributed by atoms with Crippen LogP contribution in [-0.4, -0.2) is 37.0 Å². The first kappa shape index (κ1) is 20.8. The van der Waals surface area contributed by atoms with Gasteiger partial charge in [-0.1, -0.05) is 35.9 Å². The first-order valence-corrected chi connectivity index (χ1v) is 10.5. The molecule has 6 heteroatoms. The highest BCUT2D eigenvalue weighted by molar-refractivity contribution is 5.80. The van der Waals surface area contributed by atoms with E-state index in [4.69, 9.17) is 0 Å². The molecule has 2 fully saturated rings. The molecule has 0 aromatic heterocycles. The highest BCUT2D eigenvalue weighted by Gasteiger charge is 2.38. The molecule has 1 saturated heterocycles. The van der Waals surface area contributed by atoms with Gasteiger partial charge in [0.05, 0.1) is 5.56 Å². The van der Waals surface area contributed by atoms with E-state index >= 15 is 0 Å². The van der Waals surface area contributed by atoms with Gasteiger partial charge in [-0.25, -0.2) is 0 Å². The zero-order valence-corrected chi connectivity index (χ0v) is 17.4. The van der Waals surface area contributed by atoms with Crippen LogP contribution < -0.4 is 4.90 Å². The lowest BCUT2D eigenvalue weighted by Crippen LogP contribution is -2.52. The minimum absolute atomic E-state index is 0.0677. The molecule has 0 radical (unpaired) electrons. The van der Waals surface area contributed by atoms with Crippen LogP contribution in [0.2, 0.25) is 0 Å². The summed E-state index contributed by atoms with van der Waals surface area (Å²) in [5.74, 6) is 0.713. The second kappa shape index (κ2) is 7.97. The van der Waals surface area contributed by atoms with Gasteiger partial charge in [-0.3, -0.25) is 4.79 Å². The summed E-state index contributed by atoms with van der Waals surface area (Å²) in [5, 5.41) is 0. The lowest BCUT2D eigenvalue weighted by molar-refractivity contribution is -0.139. The second-order valence-corrected chi connectivity index (χ2v) is 8.59. The molecule has 1 heterocycles. The zero-order chi connectivity index (χ0) is 21.5. The average molecular weight is 416 g/mol. The molecular weight excluding hydrogens is 389 g/mol. The number of benzene rings is 2. The van der Waals surface area contributed by atoms with E-state index in [0.717, 1.165) is 24.5 Å². The minimum atomic E-state index is -4.35. The van der Waals surface area contributed by atoms with Crippen LogP contribution in [0.3, 0.4) is 0 Å². The Labute approximate surface area is 175 Å². The molecule has 1 saturated carbocycles. The number of carbonyl (C=O) groups is 1. The topological polar surface area (TPSA) is 23.6 Å². The summed E-state index contributed by atoms with van der Waals surface area (Å²) in [5.41, 5.74) is 3.34. The molecule has 0 N–H and O–H groups in total. The normalized spacial score (nSPS) is 22.0. The van der Waals surface area contributed by atoms with E-state index in [2.05, 4.69) is 31.2 Å². The van der Waals surface area contributed by atoms with Crippen LogP contribution in [0.1, 0.15) is 41.0 Å². The van der Waals surface area contributed by atoms with E-state index in [1.54, 1.807) is 0 Å². The van der Waals surface area contributed by atoms with Crippen molar-refractivity contribution in [2.45, 2.75) is 38.8 Å². The molecular formula is C24H27F3N2O. The number of hydrogen-bond donors (Lipinski definition) is 0. The van der Waals surface area contributed by atoms with Crippen molar-refractivity contribution in [3.63, 3.8) is 0 Å². The van der Waals surface area contributed by atoms with E-state index in [0.29, 0.717) is 37.8 Å². The fraction of sp³-hybridized carbons (Fsp3) is 0.458. The SMILES string of the molecule is Cc1ccc(C2CC(C(=O)N3CCN(c4cc(C(F)(F)F)ccc4C)CC3)C2)cc1. The van der Waals surface area contributed by atoms with Gasteiger partial charge < -0.3 is 9.80 Å². The number of halogens is 3. The Balaban J connectivity index is 1.33. The van der Waals surface area contributed by atoms with Crippen LogP contribution in [0.25, 0.3) is 0 Å². The van der Waals surface area contributed by atoms with Gasteiger partial charge in [0.1, 0.15) is 0 Å². The number of hydrogen-bond acceptors (Lipinski definition) is 2. The third kappa shape index (κ3) is 4.18. The molecule has 2 aliphatic rings. The lowest BCUT2D eigenvalue weighted by atomic mass is 9.70. The first-order chi connectivity index (χ1) is 14.2. The maximum absolute atomic E-state index is 13.1. The Kier molecular flexibility index (Phi) is 5.51. The van der Waals surface area contributed by atoms with Gasteiger partial charge in [0.15, 0.2) is 0 Å². The Morgan fingerprint density at radius 3 is 2.17 bits per heavy atom. The van der Waals surface area contributed by atoms with Gasteiger partial charge >= 0.3 is 6.18 Å². The molecule has 1 aliphatic carbocycles. The Morgan fingerprint density at radius 2 is 1.57 bits per heavy atom. The van der Waals surface area contributed by atoms with Crippen molar-refractivity contribution in [1.82, 2.24) is 4.90 Å². The maximum Gasteiger partial charge on any atom is 0.416 e. The predicted octanol–water partition coefficient (Wildman–Crippen LogP) is 5.16. The fourth-order valence-electron chi connectivity index (χ4n) is 4.48. The summed E-state index contributed by atoms with van der Waals surface area (Å²) >= 11 is 0. The maximum atomic E-state index is 13.1. The van der Waals surface area contributed by atoms with Crippen molar-refractivity contribution >= 4 is 11.6 Å². The van der Waals surface area contributed by atoms with Crippen LogP contribution in [0.4, 0.5) is 18.9 Å². The van der Waals surface area contributed by atoms with Gasteiger partial charge in [0, 0.05) is 37.8 Å². The Bertz CT molecular complexity index is 909. The number of alkyl halides is 3. The number of aryl methyl sites for hydroxylation is 2. The minimum Gasteiger partial charge on any atom is -0.368 e. The van der Waals surface area contributed by atoms with Crippen molar-refractivity contribution in [2.24, 2.45) is 5.92 Å². The smallest absolute Gasteiger partial charge is 0.368 e. The van der Waals surface area contributed by atoms with E-state index < -0.39 is 11.7 Å². The van der Waals surface area contributed by atoms with Gasteiger partial charge in [0.25, 0.3) is 0 Å². The summed E-state index contributed by atoms with van der Waals surface area (Å²) in [6.07, 6.45) is -2.58. The van der Waals surface area contributed by atoms with Gasteiger partial charge in [-0.15, -0.1) is 0 Å². The Morgan fingerprint density at radius 1 is 0.933 bits per heavy atom. The van der Waals surface area contributed by atoms with Crippen LogP contribution in [0.15, 0.2) is 42.5 Å². The molecule has 1 aliphatic heterocycles. The van der Waals surface area contributed by atoms with Crippen molar-refractivity contribution < 1.29 is 18.0 Å². The highest BCUT2D eigenvalue weighted by atomic mass is 19.4. The van der Waals surface area contributed by atoms with Crippen LogP contribution in [0, 0.1) is 19.8 Å². The molecule has 0 bridgehead atoms. The number of nitrogens with zero attached hydrogens (tertiary/aromatic N) is 2. The van der Waals surface area contributed by atoms with Gasteiger partial charge in [0.2, 0.25) is 5.91 Å². The largest absolute Gasteiger partial charge is 0.416 e.